The monoisotopic (exact) mass is 274 g/mol. The Morgan fingerprint density at radius 3 is 2.50 bits per heavy atom. The fraction of sp³-hybridized carbons (Fsp3) is 0.200. The average molecular weight is 274 g/mol. The Bertz CT molecular complexity index is 523. The molecule has 0 fully saturated rings. The van der Waals surface area contributed by atoms with Gasteiger partial charge in [0.05, 0.1) is 9.52 Å². The molecule has 0 bridgehead atoms. The van der Waals surface area contributed by atoms with Crippen LogP contribution in [0.15, 0.2) is 47.4 Å². The first kappa shape index (κ1) is 13.2. The Morgan fingerprint density at radius 2 is 1.78 bits per heavy atom. The van der Waals surface area contributed by atoms with Crippen molar-refractivity contribution in [1.82, 2.24) is 0 Å². The molecule has 2 rings (SSSR count). The van der Waals surface area contributed by atoms with Crippen LogP contribution in [0.1, 0.15) is 11.1 Å². The normalized spacial score (nSPS) is 11.2. The molecule has 1 nitrogen and oxygen atoms in total. The highest BCUT2D eigenvalue weighted by Crippen LogP contribution is 2.20. The van der Waals surface area contributed by atoms with E-state index in [9.17, 15) is 5.11 Å². The molecule has 0 amide bonds. The van der Waals surface area contributed by atoms with Gasteiger partial charge in [-0.25, -0.2) is 0 Å². The van der Waals surface area contributed by atoms with E-state index in [0.717, 1.165) is 0 Å². The molecule has 0 saturated carbocycles. The molecular weight excluding hydrogens is 256 g/mol. The van der Waals surface area contributed by atoms with Gasteiger partial charge in [-0.15, -0.1) is 11.8 Å². The first-order valence-electron chi connectivity index (χ1n) is 6.14. The third-order valence-electron chi connectivity index (χ3n) is 3.19. The molecule has 3 heteroatoms. The fourth-order valence-electron chi connectivity index (χ4n) is 1.90. The van der Waals surface area contributed by atoms with Crippen LogP contribution in [0.5, 0.6) is 5.75 Å². The smallest absolute Gasteiger partial charge is 0.115 e. The summed E-state index contributed by atoms with van der Waals surface area (Å²) in [7, 11) is -0.215. The number of hydrogen-bond acceptors (Lipinski definition) is 2. The lowest BCUT2D eigenvalue weighted by molar-refractivity contribution is 0.475. The molecule has 18 heavy (non-hydrogen) atoms. The van der Waals surface area contributed by atoms with Gasteiger partial charge in [0.1, 0.15) is 5.75 Å². The van der Waals surface area contributed by atoms with Crippen molar-refractivity contribution in [2.75, 3.05) is 5.38 Å². The second-order valence-corrected chi connectivity index (χ2v) is 8.11. The molecule has 0 spiro atoms. The zero-order valence-corrected chi connectivity index (χ0v) is 13.0. The molecule has 1 N–H and O–H groups in total. The summed E-state index contributed by atoms with van der Waals surface area (Å²) in [5.41, 5.74) is 2.87. The molecule has 0 aliphatic rings. The summed E-state index contributed by atoms with van der Waals surface area (Å²) in [6, 6.07) is 14.1. The van der Waals surface area contributed by atoms with Crippen LogP contribution >= 0.6 is 11.8 Å². The zero-order chi connectivity index (χ0) is 13.0. The highest BCUT2D eigenvalue weighted by atomic mass is 32.2. The maximum absolute atomic E-state index is 9.23. The summed E-state index contributed by atoms with van der Waals surface area (Å²) >= 11 is 1.89. The van der Waals surface area contributed by atoms with Crippen LogP contribution < -0.4 is 5.19 Å². The Balaban J connectivity index is 1.92. The molecule has 0 unspecified atom stereocenters. The number of aryl methyl sites for hydroxylation is 1. The van der Waals surface area contributed by atoms with E-state index in [1.54, 1.807) is 17.3 Å². The van der Waals surface area contributed by atoms with Crippen LogP contribution in [0.4, 0.5) is 0 Å². The molecule has 94 valence electrons. The predicted molar refractivity (Wildman–Crippen MR) is 82.9 cm³/mol. The average Bonchev–Trinajstić information content (AvgIpc) is 2.37. The molecule has 2 aromatic rings. The van der Waals surface area contributed by atoms with E-state index in [2.05, 4.69) is 32.0 Å². The van der Waals surface area contributed by atoms with Crippen LogP contribution in [0, 0.1) is 13.8 Å². The van der Waals surface area contributed by atoms with E-state index in [-0.39, 0.29) is 9.52 Å². The van der Waals surface area contributed by atoms with Crippen LogP contribution in [-0.4, -0.2) is 20.0 Å². The van der Waals surface area contributed by atoms with Gasteiger partial charge < -0.3 is 5.11 Å². The number of hydrogen-bond donors (Lipinski definition) is 1. The molecule has 0 aromatic heterocycles. The minimum Gasteiger partial charge on any atom is -0.508 e. The summed E-state index contributed by atoms with van der Waals surface area (Å²) in [6.07, 6.45) is 0. The van der Waals surface area contributed by atoms with Crippen molar-refractivity contribution in [3.8, 4) is 5.75 Å². The van der Waals surface area contributed by atoms with E-state index < -0.39 is 0 Å². The SMILES string of the molecule is Cc1cccc([SiH2]CSc2ccc(O)cc2)c1C. The van der Waals surface area contributed by atoms with Crippen LogP contribution in [-0.2, 0) is 0 Å². The number of aromatic hydroxyl groups is 1. The number of thioether (sulfide) groups is 1. The lowest BCUT2D eigenvalue weighted by Crippen LogP contribution is -2.20. The Morgan fingerprint density at radius 1 is 1.06 bits per heavy atom. The lowest BCUT2D eigenvalue weighted by Gasteiger charge is -2.07. The number of benzene rings is 2. The third kappa shape index (κ3) is 3.40. The van der Waals surface area contributed by atoms with E-state index in [4.69, 9.17) is 0 Å². The molecule has 2 aromatic carbocycles. The van der Waals surface area contributed by atoms with Crippen molar-refractivity contribution in [2.45, 2.75) is 18.7 Å². The maximum Gasteiger partial charge on any atom is 0.115 e. The summed E-state index contributed by atoms with van der Waals surface area (Å²) in [4.78, 5) is 1.24. The van der Waals surface area contributed by atoms with Gasteiger partial charge in [-0.2, -0.15) is 0 Å². The third-order valence-corrected chi connectivity index (χ3v) is 6.74. The van der Waals surface area contributed by atoms with Crippen molar-refractivity contribution in [2.24, 2.45) is 0 Å². The molecule has 0 saturated heterocycles. The van der Waals surface area contributed by atoms with Gasteiger partial charge in [0, 0.05) is 4.90 Å². The molecule has 0 heterocycles. The van der Waals surface area contributed by atoms with Crippen molar-refractivity contribution >= 4 is 26.5 Å². The summed E-state index contributed by atoms with van der Waals surface area (Å²) in [5, 5.41) is 12.0. The van der Waals surface area contributed by atoms with Gasteiger partial charge in [-0.1, -0.05) is 23.4 Å². The van der Waals surface area contributed by atoms with Crippen LogP contribution in [0.3, 0.4) is 0 Å². The van der Waals surface area contributed by atoms with Crippen molar-refractivity contribution in [3.63, 3.8) is 0 Å². The van der Waals surface area contributed by atoms with Gasteiger partial charge in [-0.05, 0) is 54.6 Å². The molecule has 0 aliphatic carbocycles. The van der Waals surface area contributed by atoms with Gasteiger partial charge in [0.25, 0.3) is 0 Å². The Kier molecular flexibility index (Phi) is 4.50. The Labute approximate surface area is 115 Å². The van der Waals surface area contributed by atoms with Gasteiger partial charge in [0.15, 0.2) is 0 Å². The first-order chi connectivity index (χ1) is 8.66. The quantitative estimate of drug-likeness (QED) is 0.683. The van der Waals surface area contributed by atoms with E-state index in [1.165, 1.54) is 21.4 Å². The minimum atomic E-state index is -0.215. The maximum atomic E-state index is 9.23. The van der Waals surface area contributed by atoms with Crippen molar-refractivity contribution in [3.05, 3.63) is 53.6 Å². The van der Waals surface area contributed by atoms with E-state index >= 15 is 0 Å². The van der Waals surface area contributed by atoms with E-state index in [0.29, 0.717) is 5.75 Å². The lowest BCUT2D eigenvalue weighted by atomic mass is 10.1. The summed E-state index contributed by atoms with van der Waals surface area (Å²) in [6.45, 7) is 4.41. The number of phenolic OH excluding ortho intramolecular Hbond substituents is 1. The predicted octanol–water partition coefficient (Wildman–Crippen LogP) is 2.55. The van der Waals surface area contributed by atoms with Gasteiger partial charge in [0.2, 0.25) is 0 Å². The first-order valence-corrected chi connectivity index (χ1v) is 8.83. The standard InChI is InChI=1S/C15H18OSSi/c1-11-4-3-5-15(12(11)2)18-10-17-14-8-6-13(16)7-9-14/h3-9,16H,10,18H2,1-2H3. The number of rotatable bonds is 4. The van der Waals surface area contributed by atoms with Crippen molar-refractivity contribution < 1.29 is 5.11 Å². The van der Waals surface area contributed by atoms with Crippen LogP contribution in [0.2, 0.25) is 0 Å². The van der Waals surface area contributed by atoms with Crippen LogP contribution in [0.25, 0.3) is 0 Å². The molecule has 0 atom stereocenters. The molecule has 0 radical (unpaired) electrons. The fourth-order valence-corrected chi connectivity index (χ4v) is 5.42. The van der Waals surface area contributed by atoms with E-state index in [1.807, 2.05) is 23.9 Å². The largest absolute Gasteiger partial charge is 0.508 e. The van der Waals surface area contributed by atoms with Gasteiger partial charge in [-0.3, -0.25) is 0 Å². The zero-order valence-electron chi connectivity index (χ0n) is 10.8. The highest BCUT2D eigenvalue weighted by Gasteiger charge is 2.02. The minimum absolute atomic E-state index is 0.215. The topological polar surface area (TPSA) is 20.2 Å². The second kappa shape index (κ2) is 6.11. The van der Waals surface area contributed by atoms with Crippen molar-refractivity contribution in [1.29, 1.82) is 0 Å². The van der Waals surface area contributed by atoms with Gasteiger partial charge >= 0.3 is 0 Å². The highest BCUT2D eigenvalue weighted by molar-refractivity contribution is 8.00. The summed E-state index contributed by atoms with van der Waals surface area (Å²) < 4.78 is 0. The Hall–Kier alpha value is -1.19. The second-order valence-electron chi connectivity index (χ2n) is 4.45. The molecular formula is C15H18OSSi. The molecule has 0 aliphatic heterocycles. The summed E-state index contributed by atoms with van der Waals surface area (Å²) in [5.74, 6) is 0.339. The number of phenols is 1.